The highest BCUT2D eigenvalue weighted by atomic mass is 35.5. The van der Waals surface area contributed by atoms with Crippen molar-refractivity contribution < 1.29 is 14.3 Å². The van der Waals surface area contributed by atoms with Crippen molar-refractivity contribution in [3.63, 3.8) is 0 Å². The lowest BCUT2D eigenvalue weighted by Gasteiger charge is -2.09. The normalized spacial score (nSPS) is 10.3. The molecule has 0 aliphatic heterocycles. The first-order chi connectivity index (χ1) is 12.1. The molecule has 0 saturated carbocycles. The molecule has 126 valence electrons. The maximum atomic E-state index is 12.1. The van der Waals surface area contributed by atoms with Crippen LogP contribution in [0, 0.1) is 0 Å². The second-order valence-electron chi connectivity index (χ2n) is 5.11. The van der Waals surface area contributed by atoms with Gasteiger partial charge in [-0.3, -0.25) is 20.4 Å². The van der Waals surface area contributed by atoms with E-state index in [1.54, 1.807) is 36.4 Å². The number of carbonyl (C=O) groups is 2. The molecular weight excluding hydrogens is 342 g/mol. The average Bonchev–Trinajstić information content (AvgIpc) is 2.65. The number of benzene rings is 2. The minimum Gasteiger partial charge on any atom is -0.482 e. The van der Waals surface area contributed by atoms with E-state index in [1.165, 1.54) is 0 Å². The molecule has 7 heteroatoms. The number of aromatic nitrogens is 1. The number of carbonyl (C=O) groups excluding carboxylic acids is 2. The Morgan fingerprint density at radius 2 is 1.72 bits per heavy atom. The van der Waals surface area contributed by atoms with Gasteiger partial charge in [-0.2, -0.15) is 0 Å². The lowest BCUT2D eigenvalue weighted by atomic mass is 10.2. The number of rotatable bonds is 4. The Hall–Kier alpha value is -3.12. The molecule has 2 amide bonds. The number of hydrazine groups is 1. The monoisotopic (exact) mass is 355 g/mol. The highest BCUT2D eigenvalue weighted by Crippen LogP contribution is 2.22. The van der Waals surface area contributed by atoms with Crippen molar-refractivity contribution in [3.05, 3.63) is 71.4 Å². The predicted molar refractivity (Wildman–Crippen MR) is 94.3 cm³/mol. The fraction of sp³-hybridized carbons (Fsp3) is 0.0556. The number of hydrogen-bond acceptors (Lipinski definition) is 4. The van der Waals surface area contributed by atoms with E-state index in [9.17, 15) is 9.59 Å². The summed E-state index contributed by atoms with van der Waals surface area (Å²) < 4.78 is 5.28. The third-order valence-corrected chi connectivity index (χ3v) is 3.65. The molecule has 3 rings (SSSR count). The molecule has 0 aliphatic rings. The van der Waals surface area contributed by atoms with Crippen LogP contribution in [-0.2, 0) is 4.79 Å². The fourth-order valence-corrected chi connectivity index (χ4v) is 2.31. The number of nitrogens with one attached hydrogen (secondary N) is 2. The first kappa shape index (κ1) is 16.7. The molecule has 3 aromatic rings. The molecule has 2 aromatic carbocycles. The topological polar surface area (TPSA) is 80.3 Å². The summed E-state index contributed by atoms with van der Waals surface area (Å²) in [7, 11) is 0. The molecule has 0 radical (unpaired) electrons. The minimum absolute atomic E-state index is 0.200. The second-order valence-corrected chi connectivity index (χ2v) is 5.52. The van der Waals surface area contributed by atoms with Gasteiger partial charge in [0.1, 0.15) is 11.4 Å². The Morgan fingerprint density at radius 3 is 2.56 bits per heavy atom. The Labute approximate surface area is 148 Å². The first-order valence-corrected chi connectivity index (χ1v) is 7.83. The van der Waals surface area contributed by atoms with Crippen LogP contribution in [0.15, 0.2) is 60.7 Å². The molecule has 0 fully saturated rings. The van der Waals surface area contributed by atoms with Crippen LogP contribution in [-0.4, -0.2) is 23.4 Å². The Balaban J connectivity index is 1.54. The van der Waals surface area contributed by atoms with Crippen molar-refractivity contribution >= 4 is 34.3 Å². The van der Waals surface area contributed by atoms with E-state index < -0.39 is 11.8 Å². The Bertz CT molecular complexity index is 930. The van der Waals surface area contributed by atoms with E-state index in [-0.39, 0.29) is 12.3 Å². The SMILES string of the molecule is O=C(COc1ccccc1Cl)NNC(=O)c1ccc2ccccc2n1. The molecule has 0 aliphatic carbocycles. The molecular formula is C18H14ClN3O3. The van der Waals surface area contributed by atoms with Gasteiger partial charge in [0.25, 0.3) is 11.8 Å². The highest BCUT2D eigenvalue weighted by Gasteiger charge is 2.10. The van der Waals surface area contributed by atoms with Gasteiger partial charge in [-0.15, -0.1) is 0 Å². The summed E-state index contributed by atoms with van der Waals surface area (Å²) in [6, 6.07) is 17.6. The van der Waals surface area contributed by atoms with Crippen LogP contribution in [0.4, 0.5) is 0 Å². The van der Waals surface area contributed by atoms with Crippen LogP contribution in [0.3, 0.4) is 0 Å². The van der Waals surface area contributed by atoms with Crippen LogP contribution >= 0.6 is 11.6 Å². The maximum Gasteiger partial charge on any atom is 0.288 e. The Morgan fingerprint density at radius 1 is 0.960 bits per heavy atom. The summed E-state index contributed by atoms with van der Waals surface area (Å²) in [6.07, 6.45) is 0. The van der Waals surface area contributed by atoms with Crippen LogP contribution in [0.2, 0.25) is 5.02 Å². The predicted octanol–water partition coefficient (Wildman–Crippen LogP) is 2.73. The largest absolute Gasteiger partial charge is 0.482 e. The van der Waals surface area contributed by atoms with E-state index in [2.05, 4.69) is 15.8 Å². The summed E-state index contributed by atoms with van der Waals surface area (Å²) in [4.78, 5) is 28.1. The van der Waals surface area contributed by atoms with Crippen LogP contribution in [0.1, 0.15) is 10.5 Å². The zero-order valence-electron chi connectivity index (χ0n) is 13.0. The Kier molecular flexibility index (Phi) is 5.11. The van der Waals surface area contributed by atoms with Crippen molar-refractivity contribution in [2.75, 3.05) is 6.61 Å². The fourth-order valence-electron chi connectivity index (χ4n) is 2.12. The van der Waals surface area contributed by atoms with E-state index in [0.717, 1.165) is 5.39 Å². The molecule has 6 nitrogen and oxygen atoms in total. The average molecular weight is 356 g/mol. The van der Waals surface area contributed by atoms with Crippen molar-refractivity contribution in [1.82, 2.24) is 15.8 Å². The van der Waals surface area contributed by atoms with E-state index in [1.807, 2.05) is 24.3 Å². The van der Waals surface area contributed by atoms with Gasteiger partial charge >= 0.3 is 0 Å². The van der Waals surface area contributed by atoms with Gasteiger partial charge < -0.3 is 4.74 Å². The number of amides is 2. The maximum absolute atomic E-state index is 12.1. The number of halogens is 1. The van der Waals surface area contributed by atoms with Gasteiger partial charge in [-0.25, -0.2) is 4.98 Å². The van der Waals surface area contributed by atoms with Crippen molar-refractivity contribution in [1.29, 1.82) is 0 Å². The molecule has 0 unspecified atom stereocenters. The third-order valence-electron chi connectivity index (χ3n) is 3.34. The van der Waals surface area contributed by atoms with Crippen molar-refractivity contribution in [2.45, 2.75) is 0 Å². The van der Waals surface area contributed by atoms with Gasteiger partial charge in [-0.05, 0) is 24.3 Å². The molecule has 25 heavy (non-hydrogen) atoms. The van der Waals surface area contributed by atoms with Gasteiger partial charge in [0.15, 0.2) is 6.61 Å². The smallest absolute Gasteiger partial charge is 0.288 e. The summed E-state index contributed by atoms with van der Waals surface area (Å²) in [5.74, 6) is -0.646. The van der Waals surface area contributed by atoms with Gasteiger partial charge in [0.05, 0.1) is 10.5 Å². The molecule has 0 bridgehead atoms. The molecule has 2 N–H and O–H groups in total. The number of hydrogen-bond donors (Lipinski definition) is 2. The molecule has 0 saturated heterocycles. The van der Waals surface area contributed by atoms with E-state index in [4.69, 9.17) is 16.3 Å². The third kappa shape index (κ3) is 4.24. The lowest BCUT2D eigenvalue weighted by Crippen LogP contribution is -2.44. The second kappa shape index (κ2) is 7.63. The number of nitrogens with zero attached hydrogens (tertiary/aromatic N) is 1. The highest BCUT2D eigenvalue weighted by molar-refractivity contribution is 6.32. The van der Waals surface area contributed by atoms with Gasteiger partial charge in [0.2, 0.25) is 0 Å². The minimum atomic E-state index is -0.519. The number of fused-ring (bicyclic) bond motifs is 1. The molecule has 0 atom stereocenters. The number of ether oxygens (including phenoxy) is 1. The standard InChI is InChI=1S/C18H14ClN3O3/c19-13-6-2-4-8-16(13)25-11-17(23)21-22-18(24)15-10-9-12-5-1-3-7-14(12)20-15/h1-10H,11H2,(H,21,23)(H,22,24). The van der Waals surface area contributed by atoms with E-state index >= 15 is 0 Å². The molecule has 1 aromatic heterocycles. The molecule has 0 spiro atoms. The van der Waals surface area contributed by atoms with Crippen LogP contribution < -0.4 is 15.6 Å². The summed E-state index contributed by atoms with van der Waals surface area (Å²) in [5, 5.41) is 1.33. The number of para-hydroxylation sites is 2. The van der Waals surface area contributed by atoms with E-state index in [0.29, 0.717) is 16.3 Å². The van der Waals surface area contributed by atoms with Gasteiger partial charge in [-0.1, -0.05) is 48.0 Å². The number of pyridine rings is 1. The summed E-state index contributed by atoms with van der Waals surface area (Å²) in [6.45, 7) is -0.283. The lowest BCUT2D eigenvalue weighted by molar-refractivity contribution is -0.123. The van der Waals surface area contributed by atoms with Crippen molar-refractivity contribution in [2.24, 2.45) is 0 Å². The van der Waals surface area contributed by atoms with Gasteiger partial charge in [0, 0.05) is 5.39 Å². The summed E-state index contributed by atoms with van der Waals surface area (Å²) in [5.41, 5.74) is 5.47. The molecule has 1 heterocycles. The summed E-state index contributed by atoms with van der Waals surface area (Å²) >= 11 is 5.93. The zero-order valence-corrected chi connectivity index (χ0v) is 13.8. The quantitative estimate of drug-likeness (QED) is 0.705. The first-order valence-electron chi connectivity index (χ1n) is 7.46. The van der Waals surface area contributed by atoms with Crippen molar-refractivity contribution in [3.8, 4) is 5.75 Å². The van der Waals surface area contributed by atoms with Crippen LogP contribution in [0.5, 0.6) is 5.75 Å². The zero-order chi connectivity index (χ0) is 17.6. The van der Waals surface area contributed by atoms with Crippen LogP contribution in [0.25, 0.3) is 10.9 Å².